The van der Waals surface area contributed by atoms with Gasteiger partial charge in [-0.3, -0.25) is 9.59 Å². The standard InChI is InChI=1S/C15H21NO5/c1-4-8-16(10-15(18)19)14(17)9-11-12(20-2)6-5-7-13(11)21-3/h5-7H,4,8-10H2,1-3H3,(H,18,19). The predicted octanol–water partition coefficient (Wildman–Crippen LogP) is 1.57. The third-order valence-electron chi connectivity index (χ3n) is 3.03. The van der Waals surface area contributed by atoms with Gasteiger partial charge in [0.25, 0.3) is 0 Å². The zero-order valence-corrected chi connectivity index (χ0v) is 12.6. The van der Waals surface area contributed by atoms with Crippen LogP contribution < -0.4 is 9.47 Å². The lowest BCUT2D eigenvalue weighted by atomic mass is 10.1. The van der Waals surface area contributed by atoms with E-state index in [0.29, 0.717) is 30.0 Å². The Morgan fingerprint density at radius 2 is 1.76 bits per heavy atom. The fourth-order valence-electron chi connectivity index (χ4n) is 2.09. The second-order valence-corrected chi connectivity index (χ2v) is 4.53. The molecule has 116 valence electrons. The molecule has 0 atom stereocenters. The van der Waals surface area contributed by atoms with Gasteiger partial charge in [-0.1, -0.05) is 13.0 Å². The average molecular weight is 295 g/mol. The van der Waals surface area contributed by atoms with Gasteiger partial charge in [0.1, 0.15) is 18.0 Å². The molecule has 0 aromatic heterocycles. The maximum Gasteiger partial charge on any atom is 0.323 e. The van der Waals surface area contributed by atoms with Gasteiger partial charge in [0, 0.05) is 12.1 Å². The van der Waals surface area contributed by atoms with Gasteiger partial charge in [-0.25, -0.2) is 0 Å². The summed E-state index contributed by atoms with van der Waals surface area (Å²) in [5.41, 5.74) is 0.624. The molecule has 0 bridgehead atoms. The van der Waals surface area contributed by atoms with Gasteiger partial charge in [-0.15, -0.1) is 0 Å². The third kappa shape index (κ3) is 4.66. The lowest BCUT2D eigenvalue weighted by molar-refractivity contribution is -0.144. The number of benzene rings is 1. The number of nitrogens with zero attached hydrogens (tertiary/aromatic N) is 1. The molecule has 0 spiro atoms. The summed E-state index contributed by atoms with van der Waals surface area (Å²) in [5, 5.41) is 8.88. The van der Waals surface area contributed by atoms with Crippen LogP contribution in [-0.2, 0) is 16.0 Å². The van der Waals surface area contributed by atoms with Crippen molar-refractivity contribution in [1.29, 1.82) is 0 Å². The van der Waals surface area contributed by atoms with E-state index in [1.807, 2.05) is 6.92 Å². The minimum Gasteiger partial charge on any atom is -0.496 e. The SMILES string of the molecule is CCCN(CC(=O)O)C(=O)Cc1c(OC)cccc1OC. The number of carboxylic acids is 1. The van der Waals surface area contributed by atoms with Gasteiger partial charge in [0.15, 0.2) is 0 Å². The molecule has 1 aromatic carbocycles. The highest BCUT2D eigenvalue weighted by molar-refractivity contribution is 5.84. The molecule has 0 aliphatic rings. The van der Waals surface area contributed by atoms with E-state index in [1.54, 1.807) is 18.2 Å². The zero-order chi connectivity index (χ0) is 15.8. The van der Waals surface area contributed by atoms with Crippen LogP contribution in [-0.4, -0.2) is 49.2 Å². The Bertz CT molecular complexity index is 479. The van der Waals surface area contributed by atoms with Crippen molar-refractivity contribution in [2.24, 2.45) is 0 Å². The van der Waals surface area contributed by atoms with Crippen molar-refractivity contribution in [3.05, 3.63) is 23.8 Å². The van der Waals surface area contributed by atoms with Gasteiger partial charge in [0.2, 0.25) is 5.91 Å². The van der Waals surface area contributed by atoms with Gasteiger partial charge < -0.3 is 19.5 Å². The number of hydrogen-bond acceptors (Lipinski definition) is 4. The Kier molecular flexibility index (Phi) is 6.52. The number of aliphatic carboxylic acids is 1. The van der Waals surface area contributed by atoms with E-state index in [1.165, 1.54) is 19.1 Å². The summed E-state index contributed by atoms with van der Waals surface area (Å²) >= 11 is 0. The molecule has 0 unspecified atom stereocenters. The quantitative estimate of drug-likeness (QED) is 0.788. The number of carbonyl (C=O) groups is 2. The Labute approximate surface area is 124 Å². The van der Waals surface area contributed by atoms with Crippen molar-refractivity contribution in [2.75, 3.05) is 27.3 Å². The van der Waals surface area contributed by atoms with Crippen LogP contribution in [0.5, 0.6) is 11.5 Å². The molecular formula is C15H21NO5. The van der Waals surface area contributed by atoms with E-state index < -0.39 is 5.97 Å². The minimum atomic E-state index is -1.02. The normalized spacial score (nSPS) is 10.0. The molecule has 0 aliphatic carbocycles. The van der Waals surface area contributed by atoms with Crippen LogP contribution in [0.1, 0.15) is 18.9 Å². The molecule has 0 saturated carbocycles. The Hall–Kier alpha value is -2.24. The molecule has 6 heteroatoms. The molecule has 0 radical (unpaired) electrons. The molecule has 0 saturated heterocycles. The second-order valence-electron chi connectivity index (χ2n) is 4.53. The molecule has 1 aromatic rings. The zero-order valence-electron chi connectivity index (χ0n) is 12.6. The first kappa shape index (κ1) is 16.8. The highest BCUT2D eigenvalue weighted by Crippen LogP contribution is 2.29. The number of carbonyl (C=O) groups excluding carboxylic acids is 1. The topological polar surface area (TPSA) is 76.1 Å². The van der Waals surface area contributed by atoms with Crippen LogP contribution in [0, 0.1) is 0 Å². The van der Waals surface area contributed by atoms with Crippen molar-refractivity contribution in [2.45, 2.75) is 19.8 Å². The van der Waals surface area contributed by atoms with E-state index >= 15 is 0 Å². The first-order valence-corrected chi connectivity index (χ1v) is 6.72. The number of hydrogen-bond donors (Lipinski definition) is 1. The molecule has 6 nitrogen and oxygen atoms in total. The first-order chi connectivity index (χ1) is 10.0. The number of methoxy groups -OCH3 is 2. The van der Waals surface area contributed by atoms with Crippen LogP contribution in [0.25, 0.3) is 0 Å². The lowest BCUT2D eigenvalue weighted by Crippen LogP contribution is -2.37. The van der Waals surface area contributed by atoms with Crippen LogP contribution >= 0.6 is 0 Å². The summed E-state index contributed by atoms with van der Waals surface area (Å²) in [5.74, 6) is -0.185. The van der Waals surface area contributed by atoms with E-state index in [4.69, 9.17) is 14.6 Å². The third-order valence-corrected chi connectivity index (χ3v) is 3.03. The molecule has 0 fully saturated rings. The molecule has 1 rings (SSSR count). The Morgan fingerprint density at radius 1 is 1.19 bits per heavy atom. The van der Waals surface area contributed by atoms with E-state index in [2.05, 4.69) is 0 Å². The van der Waals surface area contributed by atoms with Crippen LogP contribution in [0.15, 0.2) is 18.2 Å². The van der Waals surface area contributed by atoms with Gasteiger partial charge >= 0.3 is 5.97 Å². The van der Waals surface area contributed by atoms with E-state index in [9.17, 15) is 9.59 Å². The summed E-state index contributed by atoms with van der Waals surface area (Å²) in [4.78, 5) is 24.5. The van der Waals surface area contributed by atoms with Crippen molar-refractivity contribution in [3.63, 3.8) is 0 Å². The van der Waals surface area contributed by atoms with Crippen molar-refractivity contribution in [3.8, 4) is 11.5 Å². The highest BCUT2D eigenvalue weighted by Gasteiger charge is 2.20. The smallest absolute Gasteiger partial charge is 0.323 e. The second kappa shape index (κ2) is 8.14. The van der Waals surface area contributed by atoms with Crippen LogP contribution in [0.2, 0.25) is 0 Å². The number of rotatable bonds is 8. The molecule has 0 aliphatic heterocycles. The van der Waals surface area contributed by atoms with Crippen LogP contribution in [0.3, 0.4) is 0 Å². The number of carboxylic acid groups (broad SMARTS) is 1. The highest BCUT2D eigenvalue weighted by atomic mass is 16.5. The average Bonchev–Trinajstić information content (AvgIpc) is 2.46. The summed E-state index contributed by atoms with van der Waals surface area (Å²) in [6, 6.07) is 5.26. The van der Waals surface area contributed by atoms with Gasteiger partial charge in [0.05, 0.1) is 20.6 Å². The van der Waals surface area contributed by atoms with Crippen molar-refractivity contribution >= 4 is 11.9 Å². The molecule has 0 heterocycles. The van der Waals surface area contributed by atoms with Crippen molar-refractivity contribution < 1.29 is 24.2 Å². The molecular weight excluding hydrogens is 274 g/mol. The lowest BCUT2D eigenvalue weighted by Gasteiger charge is -2.21. The predicted molar refractivity (Wildman–Crippen MR) is 77.8 cm³/mol. The summed E-state index contributed by atoms with van der Waals surface area (Å²) in [6.45, 7) is 2.00. The monoisotopic (exact) mass is 295 g/mol. The van der Waals surface area contributed by atoms with Gasteiger partial charge in [-0.05, 0) is 18.6 Å². The molecule has 21 heavy (non-hydrogen) atoms. The number of amides is 1. The molecule has 1 N–H and O–H groups in total. The first-order valence-electron chi connectivity index (χ1n) is 6.72. The summed E-state index contributed by atoms with van der Waals surface area (Å²) in [7, 11) is 3.04. The maximum atomic E-state index is 12.3. The Balaban J connectivity index is 2.97. The largest absolute Gasteiger partial charge is 0.496 e. The fourth-order valence-corrected chi connectivity index (χ4v) is 2.09. The van der Waals surface area contributed by atoms with E-state index in [-0.39, 0.29) is 18.9 Å². The minimum absolute atomic E-state index is 0.0421. The van der Waals surface area contributed by atoms with E-state index in [0.717, 1.165) is 0 Å². The van der Waals surface area contributed by atoms with Crippen LogP contribution in [0.4, 0.5) is 0 Å². The maximum absolute atomic E-state index is 12.3. The Morgan fingerprint density at radius 3 is 2.19 bits per heavy atom. The molecule has 1 amide bonds. The van der Waals surface area contributed by atoms with Crippen molar-refractivity contribution in [1.82, 2.24) is 4.90 Å². The summed E-state index contributed by atoms with van der Waals surface area (Å²) < 4.78 is 10.5. The van der Waals surface area contributed by atoms with Gasteiger partial charge in [-0.2, -0.15) is 0 Å². The summed E-state index contributed by atoms with van der Waals surface area (Å²) in [6.07, 6.45) is 0.739. The number of ether oxygens (including phenoxy) is 2. The fraction of sp³-hybridized carbons (Fsp3) is 0.467.